The second-order valence-corrected chi connectivity index (χ2v) is 11.0. The van der Waals surface area contributed by atoms with Crippen molar-refractivity contribution in [1.29, 1.82) is 0 Å². The Bertz CT molecular complexity index is 1120. The largest absolute Gasteiger partial charge is 0.367 e. The minimum Gasteiger partial charge on any atom is -0.367 e. The first kappa shape index (κ1) is 23.2. The number of nitrogens with zero attached hydrogens (tertiary/aromatic N) is 2. The van der Waals surface area contributed by atoms with E-state index in [2.05, 4.69) is 10.3 Å². The van der Waals surface area contributed by atoms with Gasteiger partial charge >= 0.3 is 0 Å². The maximum atomic E-state index is 13.7. The predicted molar refractivity (Wildman–Crippen MR) is 130 cm³/mol. The second kappa shape index (κ2) is 9.23. The molecule has 2 saturated heterocycles. The van der Waals surface area contributed by atoms with Gasteiger partial charge in [0.05, 0.1) is 11.0 Å². The van der Waals surface area contributed by atoms with Crippen LogP contribution in [0, 0.1) is 25.7 Å². The Kier molecular flexibility index (Phi) is 6.29. The van der Waals surface area contributed by atoms with Crippen LogP contribution in [0.15, 0.2) is 24.4 Å². The minimum absolute atomic E-state index is 0.0369. The molecule has 0 aromatic carbocycles. The predicted octanol–water partition coefficient (Wildman–Crippen LogP) is 3.53. The molecule has 0 radical (unpaired) electrons. The van der Waals surface area contributed by atoms with E-state index in [-0.39, 0.29) is 42.1 Å². The van der Waals surface area contributed by atoms with E-state index in [0.29, 0.717) is 11.4 Å². The molecule has 0 unspecified atom stereocenters. The van der Waals surface area contributed by atoms with Gasteiger partial charge in [0, 0.05) is 29.2 Å². The number of aromatic nitrogens is 1. The number of rotatable bonds is 5. The lowest BCUT2D eigenvalue weighted by molar-refractivity contribution is -0.139. The molecule has 2 amide bonds. The molecule has 4 heterocycles. The summed E-state index contributed by atoms with van der Waals surface area (Å²) in [6.45, 7) is 6.53. The number of carbonyl (C=O) groups excluding carboxylic acids is 3. The van der Waals surface area contributed by atoms with E-state index in [0.717, 1.165) is 47.4 Å². The number of Topliss-reactive ketones (excluding diaryl/α,β-unsaturated/α-hetero) is 1. The molecule has 180 valence electrons. The monoisotopic (exact) mass is 481 g/mol. The molecule has 2 aromatic rings. The van der Waals surface area contributed by atoms with Gasteiger partial charge in [0.1, 0.15) is 18.7 Å². The summed E-state index contributed by atoms with van der Waals surface area (Å²) < 4.78 is 5.67. The molecular weight excluding hydrogens is 450 g/mol. The SMILES string of the molecule is Cc1cc(-c2ccc(C(=O)N[C@H](C(=O)N3C[C@H](C)[C@H]4OCC(=O)[C@H]43)C3CCCC3)s2)c(C)cn1. The van der Waals surface area contributed by atoms with Crippen molar-refractivity contribution in [3.63, 3.8) is 0 Å². The van der Waals surface area contributed by atoms with Gasteiger partial charge in [-0.25, -0.2) is 0 Å². The summed E-state index contributed by atoms with van der Waals surface area (Å²) in [5.74, 6) is -0.219. The van der Waals surface area contributed by atoms with Crippen LogP contribution in [0.3, 0.4) is 0 Å². The van der Waals surface area contributed by atoms with Crippen molar-refractivity contribution in [3.05, 3.63) is 40.5 Å². The van der Waals surface area contributed by atoms with Crippen LogP contribution in [0.25, 0.3) is 10.4 Å². The first-order chi connectivity index (χ1) is 16.3. The van der Waals surface area contributed by atoms with Crippen LogP contribution in [0.4, 0.5) is 0 Å². The Morgan fingerprint density at radius 1 is 1.24 bits per heavy atom. The first-order valence-corrected chi connectivity index (χ1v) is 12.9. The first-order valence-electron chi connectivity index (χ1n) is 12.1. The number of likely N-dealkylation sites (tertiary alicyclic amines) is 1. The van der Waals surface area contributed by atoms with E-state index in [1.54, 1.807) is 4.90 Å². The zero-order chi connectivity index (χ0) is 24.0. The third-order valence-electron chi connectivity index (χ3n) is 7.48. The Labute approximate surface area is 203 Å². The summed E-state index contributed by atoms with van der Waals surface area (Å²) in [5.41, 5.74) is 3.05. The van der Waals surface area contributed by atoms with Crippen LogP contribution in [0.1, 0.15) is 53.5 Å². The lowest BCUT2D eigenvalue weighted by Gasteiger charge is -2.30. The minimum atomic E-state index is -0.621. The van der Waals surface area contributed by atoms with E-state index in [4.69, 9.17) is 4.74 Å². The van der Waals surface area contributed by atoms with Crippen LogP contribution in [0.5, 0.6) is 0 Å². The molecular formula is C26H31N3O4S. The Morgan fingerprint density at radius 2 is 2.00 bits per heavy atom. The summed E-state index contributed by atoms with van der Waals surface area (Å²) in [6, 6.07) is 4.66. The number of pyridine rings is 1. The molecule has 8 heteroatoms. The molecule has 7 nitrogen and oxygen atoms in total. The maximum absolute atomic E-state index is 13.7. The number of carbonyl (C=O) groups is 3. The average molecular weight is 482 g/mol. The highest BCUT2D eigenvalue weighted by Crippen LogP contribution is 2.35. The number of ketones is 1. The number of fused-ring (bicyclic) bond motifs is 1. The fraction of sp³-hybridized carbons (Fsp3) is 0.538. The maximum Gasteiger partial charge on any atom is 0.262 e. The van der Waals surface area contributed by atoms with Crippen LogP contribution in [0.2, 0.25) is 0 Å². The van der Waals surface area contributed by atoms with Gasteiger partial charge in [-0.3, -0.25) is 19.4 Å². The van der Waals surface area contributed by atoms with E-state index in [1.165, 1.54) is 11.3 Å². The highest BCUT2D eigenvalue weighted by atomic mass is 32.1. The van der Waals surface area contributed by atoms with Gasteiger partial charge in [0.2, 0.25) is 5.91 Å². The molecule has 3 fully saturated rings. The molecule has 1 aliphatic carbocycles. The van der Waals surface area contributed by atoms with Crippen molar-refractivity contribution in [2.24, 2.45) is 11.8 Å². The van der Waals surface area contributed by atoms with Crippen LogP contribution >= 0.6 is 11.3 Å². The van der Waals surface area contributed by atoms with E-state index >= 15 is 0 Å². The number of thiophene rings is 1. The fourth-order valence-corrected chi connectivity index (χ4v) is 6.67. The van der Waals surface area contributed by atoms with E-state index in [1.807, 2.05) is 45.2 Å². The van der Waals surface area contributed by atoms with Gasteiger partial charge in [0.15, 0.2) is 5.78 Å². The molecule has 0 spiro atoms. The second-order valence-electron chi connectivity index (χ2n) is 9.95. The normalized spacial score (nSPS) is 25.6. The molecule has 1 saturated carbocycles. The topological polar surface area (TPSA) is 88.6 Å². The summed E-state index contributed by atoms with van der Waals surface area (Å²) >= 11 is 1.42. The summed E-state index contributed by atoms with van der Waals surface area (Å²) in [4.78, 5) is 47.1. The van der Waals surface area contributed by atoms with Gasteiger partial charge in [-0.1, -0.05) is 19.8 Å². The highest BCUT2D eigenvalue weighted by molar-refractivity contribution is 7.17. The molecule has 5 rings (SSSR count). The van der Waals surface area contributed by atoms with Crippen molar-refractivity contribution in [1.82, 2.24) is 15.2 Å². The van der Waals surface area contributed by atoms with Crippen molar-refractivity contribution >= 4 is 28.9 Å². The van der Waals surface area contributed by atoms with Crippen LogP contribution in [-0.2, 0) is 14.3 Å². The summed E-state index contributed by atoms with van der Waals surface area (Å²) in [7, 11) is 0. The van der Waals surface area contributed by atoms with Crippen molar-refractivity contribution in [2.45, 2.75) is 64.6 Å². The quantitative estimate of drug-likeness (QED) is 0.706. The molecule has 4 atom stereocenters. The Hall–Kier alpha value is -2.58. The number of amides is 2. The van der Waals surface area contributed by atoms with E-state index in [9.17, 15) is 14.4 Å². The number of hydrogen-bond acceptors (Lipinski definition) is 6. The van der Waals surface area contributed by atoms with Gasteiger partial charge in [-0.15, -0.1) is 11.3 Å². The zero-order valence-corrected chi connectivity index (χ0v) is 20.7. The lowest BCUT2D eigenvalue weighted by Crippen LogP contribution is -2.54. The van der Waals surface area contributed by atoms with E-state index < -0.39 is 12.1 Å². The molecule has 2 aliphatic heterocycles. The number of aryl methyl sites for hydroxylation is 2. The smallest absolute Gasteiger partial charge is 0.262 e. The average Bonchev–Trinajstić information content (AvgIpc) is 3.60. The Morgan fingerprint density at radius 3 is 2.76 bits per heavy atom. The Balaban J connectivity index is 1.37. The molecule has 1 N–H and O–H groups in total. The van der Waals surface area contributed by atoms with Gasteiger partial charge in [-0.05, 0) is 61.9 Å². The van der Waals surface area contributed by atoms with Gasteiger partial charge < -0.3 is 15.0 Å². The number of nitrogens with one attached hydrogen (secondary N) is 1. The third-order valence-corrected chi connectivity index (χ3v) is 8.60. The third kappa shape index (κ3) is 4.18. The standard InChI is InChI=1S/C26H31N3O4S/c1-14-11-27-16(3)10-18(14)20-8-9-21(34-20)25(31)28-22(17-6-4-5-7-17)26(32)29-12-15(2)24-23(29)19(30)13-33-24/h8-11,15,17,22-24H,4-7,12-13H2,1-3H3,(H,28,31)/t15-,22-,23+,24+/m0/s1. The highest BCUT2D eigenvalue weighted by Gasteiger charge is 2.52. The van der Waals surface area contributed by atoms with Gasteiger partial charge in [0.25, 0.3) is 5.91 Å². The summed E-state index contributed by atoms with van der Waals surface area (Å²) in [6.07, 6.45) is 5.53. The van der Waals surface area contributed by atoms with Crippen LogP contribution in [-0.4, -0.2) is 58.8 Å². The van der Waals surface area contributed by atoms with Crippen molar-refractivity contribution < 1.29 is 19.1 Å². The molecule has 34 heavy (non-hydrogen) atoms. The van der Waals surface area contributed by atoms with Gasteiger partial charge in [-0.2, -0.15) is 0 Å². The van der Waals surface area contributed by atoms with Crippen molar-refractivity contribution in [3.8, 4) is 10.4 Å². The number of hydrogen-bond donors (Lipinski definition) is 1. The molecule has 3 aliphatic rings. The summed E-state index contributed by atoms with van der Waals surface area (Å²) in [5, 5.41) is 3.07. The van der Waals surface area contributed by atoms with Crippen LogP contribution < -0.4 is 5.32 Å². The zero-order valence-electron chi connectivity index (χ0n) is 19.9. The lowest BCUT2D eigenvalue weighted by atomic mass is 9.96. The fourth-order valence-electron chi connectivity index (χ4n) is 5.68. The molecule has 2 aromatic heterocycles. The number of ether oxygens (including phenoxy) is 1. The van der Waals surface area contributed by atoms with Crippen molar-refractivity contribution in [2.75, 3.05) is 13.2 Å². The molecule has 0 bridgehead atoms.